The van der Waals surface area contributed by atoms with Crippen LogP contribution in [0.15, 0.2) is 17.8 Å². The van der Waals surface area contributed by atoms with Gasteiger partial charge in [-0.3, -0.25) is 5.10 Å². The molecule has 0 saturated heterocycles. The molecule has 26 heavy (non-hydrogen) atoms. The summed E-state index contributed by atoms with van der Waals surface area (Å²) in [6.07, 6.45) is 10.7. The van der Waals surface area contributed by atoms with Gasteiger partial charge in [-0.15, -0.1) is 0 Å². The molecule has 2 bridgehead atoms. The van der Waals surface area contributed by atoms with Crippen LogP contribution in [0.4, 0.5) is 16.0 Å². The summed E-state index contributed by atoms with van der Waals surface area (Å²) in [4.78, 5) is 12.8. The van der Waals surface area contributed by atoms with Crippen molar-refractivity contribution >= 4 is 23.9 Å². The first-order chi connectivity index (χ1) is 12.7. The van der Waals surface area contributed by atoms with Crippen molar-refractivity contribution in [1.82, 2.24) is 20.2 Å². The Hall–Kier alpha value is -2.57. The van der Waals surface area contributed by atoms with E-state index in [0.29, 0.717) is 28.8 Å². The van der Waals surface area contributed by atoms with Gasteiger partial charge in [0.1, 0.15) is 5.69 Å². The molecule has 0 aromatic carbocycles. The quantitative estimate of drug-likeness (QED) is 0.782. The van der Waals surface area contributed by atoms with Gasteiger partial charge in [0, 0.05) is 17.8 Å². The predicted molar refractivity (Wildman–Crippen MR) is 101 cm³/mol. The normalized spacial score (nSPS) is 24.9. The number of hydrogen-bond donors (Lipinski definition) is 2. The van der Waals surface area contributed by atoms with Crippen molar-refractivity contribution in [2.75, 3.05) is 5.32 Å². The lowest BCUT2D eigenvalue weighted by atomic mass is 9.68. The highest BCUT2D eigenvalue weighted by Gasteiger charge is 2.36. The molecule has 2 N–H and O–H groups in total. The minimum absolute atomic E-state index is 0.256. The Kier molecular flexibility index (Phi) is 4.53. The van der Waals surface area contributed by atoms with Crippen LogP contribution in [-0.4, -0.2) is 32.4 Å². The summed E-state index contributed by atoms with van der Waals surface area (Å²) in [5.41, 5.74) is 1.23. The van der Waals surface area contributed by atoms with Crippen molar-refractivity contribution in [3.63, 3.8) is 0 Å². The van der Waals surface area contributed by atoms with E-state index < -0.39 is 5.82 Å². The van der Waals surface area contributed by atoms with E-state index in [-0.39, 0.29) is 11.9 Å². The maximum absolute atomic E-state index is 14.3. The summed E-state index contributed by atoms with van der Waals surface area (Å²) in [7, 11) is 0. The smallest absolute Gasteiger partial charge is 0.183 e. The number of fused-ring (bicyclic) bond motifs is 3. The second kappa shape index (κ2) is 6.97. The number of H-pyrrole nitrogens is 1. The number of halogens is 1. The van der Waals surface area contributed by atoms with Crippen LogP contribution in [0.5, 0.6) is 0 Å². The number of anilines is 1. The SMILES string of the molecule is C=Cc1c(-c2ncc(F)c(NC3CC4CCC3CC4)n2)n[nH]c1/N=C\C. The molecule has 0 radical (unpaired) electrons. The van der Waals surface area contributed by atoms with Crippen LogP contribution in [0.2, 0.25) is 0 Å². The Balaban J connectivity index is 1.64. The van der Waals surface area contributed by atoms with Crippen LogP contribution >= 0.6 is 0 Å². The van der Waals surface area contributed by atoms with Gasteiger partial charge >= 0.3 is 0 Å². The first-order valence-corrected chi connectivity index (χ1v) is 9.18. The number of rotatable bonds is 5. The minimum Gasteiger partial charge on any atom is -0.364 e. The summed E-state index contributed by atoms with van der Waals surface area (Å²) in [5, 5.41) is 10.4. The fraction of sp³-hybridized carbons (Fsp3) is 0.474. The third-order valence-corrected chi connectivity index (χ3v) is 5.57. The fourth-order valence-corrected chi connectivity index (χ4v) is 4.25. The van der Waals surface area contributed by atoms with E-state index in [4.69, 9.17) is 0 Å². The Morgan fingerprint density at radius 1 is 1.35 bits per heavy atom. The molecule has 0 amide bonds. The molecule has 0 spiro atoms. The summed E-state index contributed by atoms with van der Waals surface area (Å²) < 4.78 is 14.3. The van der Waals surface area contributed by atoms with Crippen molar-refractivity contribution < 1.29 is 4.39 Å². The summed E-state index contributed by atoms with van der Waals surface area (Å²) in [6, 6.07) is 0.290. The Bertz CT molecular complexity index is 835. The van der Waals surface area contributed by atoms with Crippen molar-refractivity contribution in [2.24, 2.45) is 16.8 Å². The van der Waals surface area contributed by atoms with Gasteiger partial charge in [-0.1, -0.05) is 25.5 Å². The second-order valence-corrected chi connectivity index (χ2v) is 7.08. The van der Waals surface area contributed by atoms with Gasteiger partial charge in [-0.2, -0.15) is 5.10 Å². The maximum atomic E-state index is 14.3. The van der Waals surface area contributed by atoms with E-state index in [1.54, 1.807) is 12.3 Å². The highest BCUT2D eigenvalue weighted by Crippen LogP contribution is 2.42. The van der Waals surface area contributed by atoms with E-state index >= 15 is 0 Å². The lowest BCUT2D eigenvalue weighted by molar-refractivity contribution is 0.157. The van der Waals surface area contributed by atoms with Crippen molar-refractivity contribution in [3.8, 4) is 11.5 Å². The number of aromatic amines is 1. The molecule has 0 aliphatic heterocycles. The summed E-state index contributed by atoms with van der Waals surface area (Å²) >= 11 is 0. The standard InChI is InChI=1S/C19H23FN6/c1-3-13-16(25-26-17(13)21-4-2)19-22-10-14(20)18(24-19)23-15-9-11-5-7-12(15)8-6-11/h3-4,10-12,15H,1,5-9H2,2H3,(H,25,26)(H,22,23,24)/b21-4-. The van der Waals surface area contributed by atoms with Crippen molar-refractivity contribution in [3.05, 3.63) is 24.2 Å². The topological polar surface area (TPSA) is 78.9 Å². The number of aromatic nitrogens is 4. The van der Waals surface area contributed by atoms with Crippen LogP contribution in [0.25, 0.3) is 17.6 Å². The molecule has 3 fully saturated rings. The lowest BCUT2D eigenvalue weighted by Crippen LogP contribution is -2.40. The number of nitrogens with zero attached hydrogens (tertiary/aromatic N) is 4. The molecule has 6 nitrogen and oxygen atoms in total. The average molecular weight is 354 g/mol. The fourth-order valence-electron chi connectivity index (χ4n) is 4.25. The van der Waals surface area contributed by atoms with Crippen molar-refractivity contribution in [2.45, 2.75) is 45.1 Å². The first-order valence-electron chi connectivity index (χ1n) is 9.18. The van der Waals surface area contributed by atoms with Gasteiger partial charge in [0.25, 0.3) is 0 Å². The Morgan fingerprint density at radius 3 is 2.81 bits per heavy atom. The van der Waals surface area contributed by atoms with E-state index in [1.165, 1.54) is 31.9 Å². The van der Waals surface area contributed by atoms with Gasteiger partial charge in [-0.25, -0.2) is 19.4 Å². The third-order valence-electron chi connectivity index (χ3n) is 5.57. The lowest BCUT2D eigenvalue weighted by Gasteiger charge is -2.42. The van der Waals surface area contributed by atoms with E-state index in [0.717, 1.165) is 12.3 Å². The summed E-state index contributed by atoms with van der Waals surface area (Å²) in [6.45, 7) is 5.63. The monoisotopic (exact) mass is 354 g/mol. The number of aliphatic imine (C=N–C) groups is 1. The average Bonchev–Trinajstić information content (AvgIpc) is 3.07. The molecular formula is C19H23FN6. The van der Waals surface area contributed by atoms with Crippen molar-refractivity contribution in [1.29, 1.82) is 0 Å². The van der Waals surface area contributed by atoms with Gasteiger partial charge in [-0.05, 0) is 38.0 Å². The Morgan fingerprint density at radius 2 is 2.15 bits per heavy atom. The zero-order valence-corrected chi connectivity index (χ0v) is 14.9. The first kappa shape index (κ1) is 16.9. The van der Waals surface area contributed by atoms with Gasteiger partial charge in [0.15, 0.2) is 23.3 Å². The highest BCUT2D eigenvalue weighted by atomic mass is 19.1. The minimum atomic E-state index is -0.433. The third kappa shape index (κ3) is 3.02. The van der Waals surface area contributed by atoms with Gasteiger partial charge < -0.3 is 5.32 Å². The van der Waals surface area contributed by atoms with Crippen LogP contribution in [0.1, 0.15) is 44.6 Å². The van der Waals surface area contributed by atoms with Gasteiger partial charge in [0.2, 0.25) is 0 Å². The second-order valence-electron chi connectivity index (χ2n) is 7.08. The van der Waals surface area contributed by atoms with Crippen LogP contribution in [0, 0.1) is 17.7 Å². The zero-order valence-electron chi connectivity index (χ0n) is 14.9. The molecule has 5 rings (SSSR count). The molecule has 2 heterocycles. The summed E-state index contributed by atoms with van der Waals surface area (Å²) in [5.74, 6) is 2.14. The molecule has 3 aliphatic rings. The Labute approximate surface area is 152 Å². The molecule has 1 atom stereocenters. The predicted octanol–water partition coefficient (Wildman–Crippen LogP) is 4.36. The molecule has 2 aromatic rings. The van der Waals surface area contributed by atoms with E-state index in [2.05, 4.69) is 37.1 Å². The zero-order chi connectivity index (χ0) is 18.1. The molecule has 136 valence electrons. The van der Waals surface area contributed by atoms with E-state index in [9.17, 15) is 4.39 Å². The van der Waals surface area contributed by atoms with Gasteiger partial charge in [0.05, 0.1) is 6.20 Å². The molecule has 3 aliphatic carbocycles. The number of hydrogen-bond acceptors (Lipinski definition) is 5. The molecule has 2 aromatic heterocycles. The number of nitrogens with one attached hydrogen (secondary N) is 2. The molecular weight excluding hydrogens is 331 g/mol. The van der Waals surface area contributed by atoms with Crippen LogP contribution in [-0.2, 0) is 0 Å². The molecule has 3 saturated carbocycles. The maximum Gasteiger partial charge on any atom is 0.183 e. The molecule has 7 heteroatoms. The highest BCUT2D eigenvalue weighted by molar-refractivity contribution is 5.76. The van der Waals surface area contributed by atoms with Crippen LogP contribution in [0.3, 0.4) is 0 Å². The molecule has 1 unspecified atom stereocenters. The largest absolute Gasteiger partial charge is 0.364 e. The van der Waals surface area contributed by atoms with Crippen LogP contribution < -0.4 is 5.32 Å². The van der Waals surface area contributed by atoms with E-state index in [1.807, 2.05) is 6.92 Å².